The predicted molar refractivity (Wildman–Crippen MR) is 64.9 cm³/mol. The van der Waals surface area contributed by atoms with Crippen molar-refractivity contribution in [2.75, 3.05) is 0 Å². The number of nitrogens with one attached hydrogen (secondary N) is 1. The van der Waals surface area contributed by atoms with Gasteiger partial charge in [0.15, 0.2) is 0 Å². The number of hydrogen-bond acceptors (Lipinski definition) is 2. The van der Waals surface area contributed by atoms with Crippen molar-refractivity contribution in [2.24, 2.45) is 5.41 Å². The molecule has 1 nitrogen and oxygen atoms in total. The van der Waals surface area contributed by atoms with Crippen LogP contribution in [0.4, 0.5) is 0 Å². The third-order valence-electron chi connectivity index (χ3n) is 1.91. The molecule has 14 heavy (non-hydrogen) atoms. The summed E-state index contributed by atoms with van der Waals surface area (Å²) in [5.41, 5.74) is 1.27. The molecule has 2 heteroatoms. The quantitative estimate of drug-likeness (QED) is 0.576. The predicted octanol–water partition coefficient (Wildman–Crippen LogP) is 3.94. The average Bonchev–Trinajstić information content (AvgIpc) is 2.14. The standard InChI is InChI=1S/C12H17NS/c1-12(2,3)11(13)14-9-10-7-5-4-6-8-10/h4-8,13H,9H2,1-3H3. The van der Waals surface area contributed by atoms with Crippen molar-refractivity contribution < 1.29 is 0 Å². The molecule has 0 saturated heterocycles. The van der Waals surface area contributed by atoms with Crippen LogP contribution < -0.4 is 0 Å². The van der Waals surface area contributed by atoms with Gasteiger partial charge in [-0.15, -0.1) is 11.8 Å². The molecule has 1 N–H and O–H groups in total. The topological polar surface area (TPSA) is 23.9 Å². The molecular formula is C12H17NS. The van der Waals surface area contributed by atoms with Gasteiger partial charge < -0.3 is 0 Å². The Labute approximate surface area is 90.4 Å². The van der Waals surface area contributed by atoms with Crippen LogP contribution in [-0.4, -0.2) is 5.04 Å². The van der Waals surface area contributed by atoms with Crippen molar-refractivity contribution in [1.29, 1.82) is 5.41 Å². The first-order chi connectivity index (χ1) is 6.50. The summed E-state index contributed by atoms with van der Waals surface area (Å²) in [7, 11) is 0. The molecule has 0 spiro atoms. The lowest BCUT2D eigenvalue weighted by Gasteiger charge is -2.18. The molecule has 1 aromatic carbocycles. The minimum absolute atomic E-state index is 0.0144. The van der Waals surface area contributed by atoms with E-state index in [-0.39, 0.29) is 5.41 Å². The van der Waals surface area contributed by atoms with Crippen LogP contribution in [0.2, 0.25) is 0 Å². The zero-order chi connectivity index (χ0) is 10.6. The first-order valence-corrected chi connectivity index (χ1v) is 5.74. The molecule has 0 heterocycles. The van der Waals surface area contributed by atoms with Crippen molar-refractivity contribution in [2.45, 2.75) is 26.5 Å². The smallest absolute Gasteiger partial charge is 0.0698 e. The second-order valence-corrected chi connectivity index (χ2v) is 5.34. The highest BCUT2D eigenvalue weighted by molar-refractivity contribution is 8.13. The lowest BCUT2D eigenvalue weighted by molar-refractivity contribution is 0.598. The summed E-state index contributed by atoms with van der Waals surface area (Å²) in [5.74, 6) is 0.900. The van der Waals surface area contributed by atoms with Gasteiger partial charge in [0.25, 0.3) is 0 Å². The van der Waals surface area contributed by atoms with E-state index in [2.05, 4.69) is 32.9 Å². The second-order valence-electron chi connectivity index (χ2n) is 4.35. The van der Waals surface area contributed by atoms with E-state index in [4.69, 9.17) is 5.41 Å². The van der Waals surface area contributed by atoms with Crippen LogP contribution in [-0.2, 0) is 5.75 Å². The Bertz CT molecular complexity index is 298. The number of thioether (sulfide) groups is 1. The van der Waals surface area contributed by atoms with Gasteiger partial charge in [-0.25, -0.2) is 0 Å². The summed E-state index contributed by atoms with van der Waals surface area (Å²) in [6.45, 7) is 6.23. The molecule has 0 aromatic heterocycles. The van der Waals surface area contributed by atoms with Crippen molar-refractivity contribution in [3.8, 4) is 0 Å². The average molecular weight is 207 g/mol. The van der Waals surface area contributed by atoms with Crippen LogP contribution in [0.5, 0.6) is 0 Å². The maximum atomic E-state index is 7.85. The van der Waals surface area contributed by atoms with E-state index in [1.165, 1.54) is 5.56 Å². The fraction of sp³-hybridized carbons (Fsp3) is 0.417. The summed E-state index contributed by atoms with van der Waals surface area (Å²) < 4.78 is 0. The summed E-state index contributed by atoms with van der Waals surface area (Å²) in [4.78, 5) is 0. The maximum Gasteiger partial charge on any atom is 0.0698 e. The molecule has 0 radical (unpaired) electrons. The third-order valence-corrected chi connectivity index (χ3v) is 3.29. The molecule has 1 rings (SSSR count). The van der Waals surface area contributed by atoms with Crippen LogP contribution in [0.25, 0.3) is 0 Å². The summed E-state index contributed by atoms with van der Waals surface area (Å²) >= 11 is 1.62. The molecule has 76 valence electrons. The Kier molecular flexibility index (Phi) is 3.76. The Morgan fingerprint density at radius 1 is 1.21 bits per heavy atom. The minimum atomic E-state index is -0.0144. The molecule has 0 fully saturated rings. The summed E-state index contributed by atoms with van der Waals surface area (Å²) in [5, 5.41) is 8.60. The van der Waals surface area contributed by atoms with Crippen LogP contribution in [0.1, 0.15) is 26.3 Å². The van der Waals surface area contributed by atoms with E-state index in [0.29, 0.717) is 0 Å². The van der Waals surface area contributed by atoms with E-state index in [0.717, 1.165) is 10.8 Å². The zero-order valence-corrected chi connectivity index (χ0v) is 9.82. The van der Waals surface area contributed by atoms with E-state index < -0.39 is 0 Å². The summed E-state index contributed by atoms with van der Waals surface area (Å²) in [6.07, 6.45) is 0. The normalized spacial score (nSPS) is 11.4. The lowest BCUT2D eigenvalue weighted by Crippen LogP contribution is -2.15. The van der Waals surface area contributed by atoms with Crippen LogP contribution in [0.15, 0.2) is 30.3 Å². The van der Waals surface area contributed by atoms with Gasteiger partial charge in [0.05, 0.1) is 5.04 Å². The van der Waals surface area contributed by atoms with Gasteiger partial charge in [-0.3, -0.25) is 5.41 Å². The second kappa shape index (κ2) is 4.65. The van der Waals surface area contributed by atoms with E-state index in [1.807, 2.05) is 18.2 Å². The minimum Gasteiger partial charge on any atom is -0.298 e. The molecule has 1 aromatic rings. The summed E-state index contributed by atoms with van der Waals surface area (Å²) in [6, 6.07) is 10.3. The fourth-order valence-corrected chi connectivity index (χ4v) is 1.88. The highest BCUT2D eigenvalue weighted by Crippen LogP contribution is 2.25. The molecule has 0 atom stereocenters. The first kappa shape index (κ1) is 11.3. The van der Waals surface area contributed by atoms with E-state index in [1.54, 1.807) is 11.8 Å². The maximum absolute atomic E-state index is 7.85. The molecule has 0 amide bonds. The highest BCUT2D eigenvalue weighted by Gasteiger charge is 2.17. The van der Waals surface area contributed by atoms with E-state index >= 15 is 0 Å². The van der Waals surface area contributed by atoms with Gasteiger partial charge in [0.2, 0.25) is 0 Å². The van der Waals surface area contributed by atoms with Gasteiger partial charge >= 0.3 is 0 Å². The van der Waals surface area contributed by atoms with Gasteiger partial charge in [0, 0.05) is 11.2 Å². The van der Waals surface area contributed by atoms with Gasteiger partial charge in [-0.2, -0.15) is 0 Å². The highest BCUT2D eigenvalue weighted by atomic mass is 32.2. The molecule has 0 saturated carbocycles. The van der Waals surface area contributed by atoms with Gasteiger partial charge in [0.1, 0.15) is 0 Å². The van der Waals surface area contributed by atoms with Crippen molar-refractivity contribution in [1.82, 2.24) is 0 Å². The SMILES string of the molecule is CC(C)(C)C(=N)SCc1ccccc1. The molecule has 0 aliphatic rings. The third kappa shape index (κ3) is 3.54. The number of rotatable bonds is 2. The van der Waals surface area contributed by atoms with Gasteiger partial charge in [-0.1, -0.05) is 51.1 Å². The Morgan fingerprint density at radius 2 is 1.79 bits per heavy atom. The number of benzene rings is 1. The Balaban J connectivity index is 2.46. The molecule has 0 aliphatic heterocycles. The zero-order valence-electron chi connectivity index (χ0n) is 9.00. The molecule has 0 bridgehead atoms. The van der Waals surface area contributed by atoms with Crippen LogP contribution in [0, 0.1) is 10.8 Å². The van der Waals surface area contributed by atoms with Crippen molar-refractivity contribution in [3.63, 3.8) is 0 Å². The van der Waals surface area contributed by atoms with E-state index in [9.17, 15) is 0 Å². The van der Waals surface area contributed by atoms with Crippen LogP contribution >= 0.6 is 11.8 Å². The lowest BCUT2D eigenvalue weighted by atomic mass is 9.99. The monoisotopic (exact) mass is 207 g/mol. The van der Waals surface area contributed by atoms with Crippen molar-refractivity contribution >= 4 is 16.8 Å². The molecule has 0 unspecified atom stereocenters. The largest absolute Gasteiger partial charge is 0.298 e. The first-order valence-electron chi connectivity index (χ1n) is 4.76. The Hall–Kier alpha value is -0.760. The molecule has 0 aliphatic carbocycles. The Morgan fingerprint density at radius 3 is 2.29 bits per heavy atom. The fourth-order valence-electron chi connectivity index (χ4n) is 0.946. The van der Waals surface area contributed by atoms with Gasteiger partial charge in [-0.05, 0) is 5.56 Å². The van der Waals surface area contributed by atoms with Crippen molar-refractivity contribution in [3.05, 3.63) is 35.9 Å². The van der Waals surface area contributed by atoms with Crippen LogP contribution in [0.3, 0.4) is 0 Å². The molecular weight excluding hydrogens is 190 g/mol. The number of hydrogen-bond donors (Lipinski definition) is 1.